The molecule has 0 fully saturated rings. The SMILES string of the molecule is CCCCCCCCNc1nc(NCC)nc2[nH]ncc12. The number of aromatic amines is 1. The number of rotatable bonds is 10. The number of fused-ring (bicyclic) bond motifs is 1. The van der Waals surface area contributed by atoms with Gasteiger partial charge in [0.1, 0.15) is 5.82 Å². The Balaban J connectivity index is 1.87. The van der Waals surface area contributed by atoms with Crippen LogP contribution in [0, 0.1) is 0 Å². The van der Waals surface area contributed by atoms with Crippen LogP contribution in [0.2, 0.25) is 0 Å². The molecule has 3 N–H and O–H groups in total. The predicted octanol–water partition coefficient (Wildman–Crippen LogP) is 3.56. The highest BCUT2D eigenvalue weighted by Gasteiger charge is 2.08. The Labute approximate surface area is 126 Å². The van der Waals surface area contributed by atoms with Crippen molar-refractivity contribution in [2.45, 2.75) is 52.4 Å². The Morgan fingerprint density at radius 3 is 2.62 bits per heavy atom. The lowest BCUT2D eigenvalue weighted by molar-refractivity contribution is 0.617. The zero-order chi connectivity index (χ0) is 14.9. The van der Waals surface area contributed by atoms with Crippen molar-refractivity contribution in [3.63, 3.8) is 0 Å². The molecule has 0 amide bonds. The molecule has 0 atom stereocenters. The number of nitrogens with one attached hydrogen (secondary N) is 3. The van der Waals surface area contributed by atoms with Gasteiger partial charge in [0.2, 0.25) is 5.95 Å². The molecule has 6 nitrogen and oxygen atoms in total. The number of H-pyrrole nitrogens is 1. The van der Waals surface area contributed by atoms with E-state index in [0.717, 1.165) is 29.9 Å². The van der Waals surface area contributed by atoms with Gasteiger partial charge in [-0.15, -0.1) is 0 Å². The van der Waals surface area contributed by atoms with E-state index < -0.39 is 0 Å². The smallest absolute Gasteiger partial charge is 0.226 e. The Morgan fingerprint density at radius 2 is 1.81 bits per heavy atom. The van der Waals surface area contributed by atoms with Crippen molar-refractivity contribution in [1.82, 2.24) is 20.2 Å². The zero-order valence-electron chi connectivity index (χ0n) is 13.1. The van der Waals surface area contributed by atoms with Crippen molar-refractivity contribution < 1.29 is 0 Å². The summed E-state index contributed by atoms with van der Waals surface area (Å²) < 4.78 is 0. The van der Waals surface area contributed by atoms with Crippen LogP contribution in [-0.2, 0) is 0 Å². The van der Waals surface area contributed by atoms with Crippen molar-refractivity contribution in [1.29, 1.82) is 0 Å². The minimum Gasteiger partial charge on any atom is -0.369 e. The van der Waals surface area contributed by atoms with Crippen molar-refractivity contribution in [2.75, 3.05) is 23.7 Å². The quantitative estimate of drug-likeness (QED) is 0.583. The van der Waals surface area contributed by atoms with Crippen molar-refractivity contribution in [3.05, 3.63) is 6.20 Å². The van der Waals surface area contributed by atoms with E-state index in [-0.39, 0.29) is 0 Å². The second-order valence-electron chi connectivity index (χ2n) is 5.25. The molecule has 21 heavy (non-hydrogen) atoms. The molecule has 0 saturated heterocycles. The van der Waals surface area contributed by atoms with Gasteiger partial charge in [0.15, 0.2) is 5.65 Å². The lowest BCUT2D eigenvalue weighted by Gasteiger charge is -2.08. The van der Waals surface area contributed by atoms with Gasteiger partial charge in [-0.2, -0.15) is 15.1 Å². The van der Waals surface area contributed by atoms with Crippen molar-refractivity contribution in [3.8, 4) is 0 Å². The van der Waals surface area contributed by atoms with Crippen LogP contribution < -0.4 is 10.6 Å². The maximum atomic E-state index is 4.52. The lowest BCUT2D eigenvalue weighted by Crippen LogP contribution is -2.08. The van der Waals surface area contributed by atoms with Crippen LogP contribution in [0.4, 0.5) is 11.8 Å². The van der Waals surface area contributed by atoms with Gasteiger partial charge >= 0.3 is 0 Å². The molecule has 0 aromatic carbocycles. The summed E-state index contributed by atoms with van der Waals surface area (Å²) >= 11 is 0. The normalized spacial score (nSPS) is 11.0. The molecule has 0 aliphatic rings. The van der Waals surface area contributed by atoms with E-state index in [1.165, 1.54) is 38.5 Å². The summed E-state index contributed by atoms with van der Waals surface area (Å²) in [5.41, 5.74) is 0.770. The highest BCUT2D eigenvalue weighted by Crippen LogP contribution is 2.20. The van der Waals surface area contributed by atoms with E-state index in [2.05, 4.69) is 37.7 Å². The monoisotopic (exact) mass is 290 g/mol. The highest BCUT2D eigenvalue weighted by molar-refractivity contribution is 5.86. The van der Waals surface area contributed by atoms with Crippen molar-refractivity contribution >= 4 is 22.8 Å². The number of hydrogen-bond acceptors (Lipinski definition) is 5. The van der Waals surface area contributed by atoms with Gasteiger partial charge in [0, 0.05) is 13.1 Å². The summed E-state index contributed by atoms with van der Waals surface area (Å²) in [7, 11) is 0. The predicted molar refractivity (Wildman–Crippen MR) is 87.7 cm³/mol. The second kappa shape index (κ2) is 8.44. The van der Waals surface area contributed by atoms with E-state index >= 15 is 0 Å². The van der Waals surface area contributed by atoms with Crippen LogP contribution in [-0.4, -0.2) is 33.3 Å². The molecule has 0 unspecified atom stereocenters. The van der Waals surface area contributed by atoms with E-state index in [1.807, 2.05) is 6.92 Å². The average molecular weight is 290 g/mol. The van der Waals surface area contributed by atoms with E-state index in [1.54, 1.807) is 6.20 Å². The Hall–Kier alpha value is -1.85. The summed E-state index contributed by atoms with van der Waals surface area (Å²) in [4.78, 5) is 8.90. The van der Waals surface area contributed by atoms with Gasteiger partial charge in [0.25, 0.3) is 0 Å². The molecular formula is C15H26N6. The van der Waals surface area contributed by atoms with Crippen molar-refractivity contribution in [2.24, 2.45) is 0 Å². The summed E-state index contributed by atoms with van der Waals surface area (Å²) in [5.74, 6) is 1.50. The third-order valence-corrected chi connectivity index (χ3v) is 3.47. The molecule has 2 aromatic heterocycles. The summed E-state index contributed by atoms with van der Waals surface area (Å²) in [6.45, 7) is 6.02. The fraction of sp³-hybridized carbons (Fsp3) is 0.667. The number of anilines is 2. The maximum absolute atomic E-state index is 4.52. The third kappa shape index (κ3) is 4.58. The van der Waals surface area contributed by atoms with Crippen LogP contribution in [0.25, 0.3) is 11.0 Å². The van der Waals surface area contributed by atoms with Gasteiger partial charge in [-0.25, -0.2) is 0 Å². The third-order valence-electron chi connectivity index (χ3n) is 3.47. The maximum Gasteiger partial charge on any atom is 0.226 e. The molecule has 0 aliphatic heterocycles. The number of nitrogens with zero attached hydrogens (tertiary/aromatic N) is 3. The number of unbranched alkanes of at least 4 members (excludes halogenated alkanes) is 5. The first-order valence-electron chi connectivity index (χ1n) is 8.04. The van der Waals surface area contributed by atoms with Crippen LogP contribution in [0.3, 0.4) is 0 Å². The lowest BCUT2D eigenvalue weighted by atomic mass is 10.1. The molecule has 6 heteroatoms. The summed E-state index contributed by atoms with van der Waals surface area (Å²) in [6, 6.07) is 0. The van der Waals surface area contributed by atoms with Gasteiger partial charge in [-0.1, -0.05) is 39.0 Å². The molecule has 0 aliphatic carbocycles. The van der Waals surface area contributed by atoms with Crippen LogP contribution in [0.5, 0.6) is 0 Å². The van der Waals surface area contributed by atoms with Crippen LogP contribution in [0.1, 0.15) is 52.4 Å². The molecular weight excluding hydrogens is 264 g/mol. The summed E-state index contributed by atoms with van der Waals surface area (Å²) in [5, 5.41) is 14.5. The summed E-state index contributed by atoms with van der Waals surface area (Å²) in [6.07, 6.45) is 9.53. The first-order valence-corrected chi connectivity index (χ1v) is 8.04. The zero-order valence-corrected chi connectivity index (χ0v) is 13.1. The average Bonchev–Trinajstić information content (AvgIpc) is 2.95. The fourth-order valence-electron chi connectivity index (χ4n) is 2.32. The van der Waals surface area contributed by atoms with Gasteiger partial charge < -0.3 is 10.6 Å². The molecule has 0 bridgehead atoms. The minimum absolute atomic E-state index is 0.639. The highest BCUT2D eigenvalue weighted by atomic mass is 15.2. The first kappa shape index (κ1) is 15.5. The number of aromatic nitrogens is 4. The molecule has 0 saturated carbocycles. The second-order valence-corrected chi connectivity index (χ2v) is 5.25. The minimum atomic E-state index is 0.639. The van der Waals surface area contributed by atoms with E-state index in [4.69, 9.17) is 0 Å². The van der Waals surface area contributed by atoms with E-state index in [9.17, 15) is 0 Å². The molecule has 2 aromatic rings. The van der Waals surface area contributed by atoms with Gasteiger partial charge in [-0.05, 0) is 13.3 Å². The molecule has 0 radical (unpaired) electrons. The van der Waals surface area contributed by atoms with Gasteiger partial charge in [0.05, 0.1) is 11.6 Å². The molecule has 116 valence electrons. The Bertz CT molecular complexity index is 536. The van der Waals surface area contributed by atoms with Crippen LogP contribution in [0.15, 0.2) is 6.20 Å². The topological polar surface area (TPSA) is 78.5 Å². The number of hydrogen-bond donors (Lipinski definition) is 3. The van der Waals surface area contributed by atoms with Gasteiger partial charge in [-0.3, -0.25) is 5.10 Å². The Morgan fingerprint density at radius 1 is 1.00 bits per heavy atom. The molecule has 2 rings (SSSR count). The fourth-order valence-corrected chi connectivity index (χ4v) is 2.32. The molecule has 2 heterocycles. The first-order chi connectivity index (χ1) is 10.3. The largest absolute Gasteiger partial charge is 0.369 e. The Kier molecular flexibility index (Phi) is 6.24. The van der Waals surface area contributed by atoms with Crippen LogP contribution >= 0.6 is 0 Å². The van der Waals surface area contributed by atoms with E-state index in [0.29, 0.717) is 5.95 Å². The standard InChI is InChI=1S/C15H26N6/c1-3-5-6-7-8-9-10-17-13-12-11-18-21-14(12)20-15(19-13)16-4-2/h11H,3-10H2,1-2H3,(H3,16,17,18,19,20,21). The molecule has 0 spiro atoms.